The van der Waals surface area contributed by atoms with Crippen molar-refractivity contribution in [3.05, 3.63) is 70.2 Å². The maximum atomic E-state index is 12.2. The van der Waals surface area contributed by atoms with Crippen LogP contribution in [-0.4, -0.2) is 11.3 Å². The van der Waals surface area contributed by atoms with Crippen LogP contribution in [0.2, 0.25) is 5.02 Å². The molecule has 0 aromatic heterocycles. The van der Waals surface area contributed by atoms with Gasteiger partial charge in [-0.05, 0) is 41.6 Å². The van der Waals surface area contributed by atoms with Gasteiger partial charge in [0.05, 0.1) is 0 Å². The summed E-state index contributed by atoms with van der Waals surface area (Å²) >= 11 is 5.65. The van der Waals surface area contributed by atoms with E-state index in [1.165, 1.54) is 24.3 Å². The summed E-state index contributed by atoms with van der Waals surface area (Å²) in [5, 5.41) is 0.533. The number of hydrogen-bond donors (Lipinski definition) is 0. The van der Waals surface area contributed by atoms with Gasteiger partial charge in [-0.3, -0.25) is 4.79 Å². The van der Waals surface area contributed by atoms with Gasteiger partial charge < -0.3 is 0 Å². The van der Waals surface area contributed by atoms with Crippen molar-refractivity contribution in [1.82, 2.24) is 0 Å². The molecule has 21 heavy (non-hydrogen) atoms. The summed E-state index contributed by atoms with van der Waals surface area (Å²) < 4.78 is 36.3. The van der Waals surface area contributed by atoms with E-state index in [9.17, 15) is 18.0 Å². The van der Waals surface area contributed by atoms with E-state index in [-0.39, 0.29) is 23.3 Å². The Kier molecular flexibility index (Phi) is 4.96. The number of hydrogen-bond acceptors (Lipinski definition) is 2. The number of carbonyl (C=O) groups excluding carboxylic acids is 1. The van der Waals surface area contributed by atoms with Crippen molar-refractivity contribution in [3.8, 4) is 0 Å². The number of thioether (sulfide) groups is 1. The first kappa shape index (κ1) is 15.9. The molecule has 0 saturated carbocycles. The Bertz CT molecular complexity index is 621. The van der Waals surface area contributed by atoms with Crippen molar-refractivity contribution < 1.29 is 18.0 Å². The third-order valence-electron chi connectivity index (χ3n) is 2.73. The molecule has 0 unspecified atom stereocenters. The number of ketones is 1. The van der Waals surface area contributed by atoms with Crippen LogP contribution >= 0.6 is 23.4 Å². The zero-order chi connectivity index (χ0) is 15.5. The smallest absolute Gasteiger partial charge is 0.289 e. The van der Waals surface area contributed by atoms with Crippen LogP contribution in [0.5, 0.6) is 0 Å². The first-order valence-corrected chi connectivity index (χ1v) is 7.31. The van der Waals surface area contributed by atoms with Gasteiger partial charge in [-0.15, -0.1) is 0 Å². The van der Waals surface area contributed by atoms with E-state index in [0.717, 1.165) is 0 Å². The van der Waals surface area contributed by atoms with Gasteiger partial charge in [0.15, 0.2) is 5.78 Å². The molecule has 0 bridgehead atoms. The van der Waals surface area contributed by atoms with Crippen molar-refractivity contribution >= 4 is 29.1 Å². The number of benzene rings is 2. The van der Waals surface area contributed by atoms with Crippen LogP contribution in [-0.2, 0) is 5.75 Å². The highest BCUT2D eigenvalue weighted by Crippen LogP contribution is 2.32. The lowest BCUT2D eigenvalue weighted by atomic mass is 10.0. The topological polar surface area (TPSA) is 17.1 Å². The van der Waals surface area contributed by atoms with Gasteiger partial charge in [0.2, 0.25) is 0 Å². The Morgan fingerprint density at radius 1 is 0.952 bits per heavy atom. The average Bonchev–Trinajstić information content (AvgIpc) is 2.45. The molecule has 2 aromatic rings. The second-order valence-corrected chi connectivity index (χ2v) is 5.74. The SMILES string of the molecule is O=C(c1ccc(Cl)cc1)c1ccc(CSC(F)(F)F)cc1. The lowest BCUT2D eigenvalue weighted by molar-refractivity contribution is -0.0329. The summed E-state index contributed by atoms with van der Waals surface area (Å²) in [5.41, 5.74) is -2.82. The van der Waals surface area contributed by atoms with Gasteiger partial charge in [-0.2, -0.15) is 13.2 Å². The summed E-state index contributed by atoms with van der Waals surface area (Å²) in [4.78, 5) is 12.2. The van der Waals surface area contributed by atoms with Crippen molar-refractivity contribution in [3.63, 3.8) is 0 Å². The number of halogens is 4. The second kappa shape index (κ2) is 6.54. The number of alkyl halides is 3. The summed E-state index contributed by atoms with van der Waals surface area (Å²) in [6.45, 7) is 0. The summed E-state index contributed by atoms with van der Waals surface area (Å²) in [7, 11) is 0. The molecule has 2 aromatic carbocycles. The molecule has 0 amide bonds. The molecule has 0 saturated heterocycles. The van der Waals surface area contributed by atoms with Crippen molar-refractivity contribution in [2.75, 3.05) is 0 Å². The maximum Gasteiger partial charge on any atom is 0.442 e. The molecular formula is C15H10ClF3OS. The molecule has 0 spiro atoms. The molecule has 0 N–H and O–H groups in total. The highest BCUT2D eigenvalue weighted by Gasteiger charge is 2.27. The zero-order valence-electron chi connectivity index (χ0n) is 10.7. The van der Waals surface area contributed by atoms with Gasteiger partial charge in [0.25, 0.3) is 0 Å². The normalized spacial score (nSPS) is 11.4. The molecule has 0 radical (unpaired) electrons. The highest BCUT2D eigenvalue weighted by atomic mass is 35.5. The fourth-order valence-corrected chi connectivity index (χ4v) is 2.33. The lowest BCUT2D eigenvalue weighted by Crippen LogP contribution is -2.02. The van der Waals surface area contributed by atoms with Crippen LogP contribution in [0.1, 0.15) is 21.5 Å². The van der Waals surface area contributed by atoms with Gasteiger partial charge in [-0.25, -0.2) is 0 Å². The van der Waals surface area contributed by atoms with Crippen molar-refractivity contribution in [2.24, 2.45) is 0 Å². The van der Waals surface area contributed by atoms with E-state index in [2.05, 4.69) is 0 Å². The van der Waals surface area contributed by atoms with Crippen molar-refractivity contribution in [2.45, 2.75) is 11.3 Å². The van der Waals surface area contributed by atoms with Crippen LogP contribution in [0, 0.1) is 0 Å². The van der Waals surface area contributed by atoms with Crippen LogP contribution in [0.25, 0.3) is 0 Å². The largest absolute Gasteiger partial charge is 0.442 e. The summed E-state index contributed by atoms with van der Waals surface area (Å²) in [6.07, 6.45) is 0. The average molecular weight is 331 g/mol. The molecule has 0 aliphatic carbocycles. The van der Waals surface area contributed by atoms with Gasteiger partial charge >= 0.3 is 5.51 Å². The second-order valence-electron chi connectivity index (χ2n) is 4.27. The summed E-state index contributed by atoms with van der Waals surface area (Å²) in [6, 6.07) is 12.6. The van der Waals surface area contributed by atoms with E-state index >= 15 is 0 Å². The Labute approximate surface area is 129 Å². The molecule has 0 aliphatic heterocycles. The first-order chi connectivity index (χ1) is 9.85. The van der Waals surface area contributed by atoms with Crippen LogP contribution in [0.15, 0.2) is 48.5 Å². The predicted octanol–water partition coefficient (Wildman–Crippen LogP) is 5.32. The van der Waals surface area contributed by atoms with Crippen LogP contribution in [0.3, 0.4) is 0 Å². The Morgan fingerprint density at radius 2 is 1.43 bits per heavy atom. The minimum absolute atomic E-state index is 0.101. The molecule has 0 aliphatic rings. The Hall–Kier alpha value is -1.46. The molecule has 2 rings (SSSR count). The first-order valence-electron chi connectivity index (χ1n) is 5.95. The zero-order valence-corrected chi connectivity index (χ0v) is 12.2. The van der Waals surface area contributed by atoms with E-state index in [4.69, 9.17) is 11.6 Å². The molecule has 6 heteroatoms. The third-order valence-corrected chi connectivity index (χ3v) is 3.78. The molecule has 110 valence electrons. The summed E-state index contributed by atoms with van der Waals surface area (Å²) in [5.74, 6) is -0.361. The third kappa shape index (κ3) is 4.79. The standard InChI is InChI=1S/C15H10ClF3OS/c16-13-7-5-12(6-8-13)14(20)11-3-1-10(2-4-11)9-21-15(17,18)19/h1-8H,9H2. The molecule has 0 atom stereocenters. The van der Waals surface area contributed by atoms with Gasteiger partial charge in [-0.1, -0.05) is 35.9 Å². The number of rotatable bonds is 4. The van der Waals surface area contributed by atoms with E-state index < -0.39 is 5.51 Å². The minimum atomic E-state index is -4.25. The van der Waals surface area contributed by atoms with Gasteiger partial charge in [0, 0.05) is 21.9 Å². The molecule has 0 heterocycles. The highest BCUT2D eigenvalue weighted by molar-refractivity contribution is 7.99. The maximum absolute atomic E-state index is 12.2. The predicted molar refractivity (Wildman–Crippen MR) is 78.7 cm³/mol. The van der Waals surface area contributed by atoms with Crippen LogP contribution < -0.4 is 0 Å². The fourth-order valence-electron chi connectivity index (χ4n) is 1.69. The van der Waals surface area contributed by atoms with Crippen molar-refractivity contribution in [1.29, 1.82) is 0 Å². The van der Waals surface area contributed by atoms with Gasteiger partial charge in [0.1, 0.15) is 0 Å². The Balaban J connectivity index is 2.08. The van der Waals surface area contributed by atoms with E-state index in [0.29, 0.717) is 21.7 Å². The monoisotopic (exact) mass is 330 g/mol. The lowest BCUT2D eigenvalue weighted by Gasteiger charge is -2.06. The van der Waals surface area contributed by atoms with Crippen LogP contribution in [0.4, 0.5) is 13.2 Å². The molecule has 1 nitrogen and oxygen atoms in total. The Morgan fingerprint density at radius 3 is 1.90 bits per heavy atom. The number of carbonyl (C=O) groups is 1. The minimum Gasteiger partial charge on any atom is -0.289 e. The van der Waals surface area contributed by atoms with E-state index in [1.54, 1.807) is 24.3 Å². The quantitative estimate of drug-likeness (QED) is 0.705. The molecule has 0 fully saturated rings. The molecular weight excluding hydrogens is 321 g/mol. The fraction of sp³-hybridized carbons (Fsp3) is 0.133. The van der Waals surface area contributed by atoms with E-state index in [1.807, 2.05) is 0 Å².